The summed E-state index contributed by atoms with van der Waals surface area (Å²) in [6.07, 6.45) is 2.44. The zero-order chi connectivity index (χ0) is 21.2. The topological polar surface area (TPSA) is 137 Å². The standard InChI is InChI=1S/C18H21N5O5S/c1-4-11-8-12(28-10-11)9-19-16-17(22-29(26,27)21-16)20-14-7-5-6-13(15(14)24)18(25)23(2)3/h5-8,10,24H,4,9H2,1-3H3,(H,19,21)(H,20,22). The molecule has 0 aliphatic carbocycles. The van der Waals surface area contributed by atoms with Crippen LogP contribution in [0.4, 0.5) is 5.69 Å². The minimum atomic E-state index is -4.06. The zero-order valence-electron chi connectivity index (χ0n) is 16.1. The van der Waals surface area contributed by atoms with Crippen molar-refractivity contribution in [1.29, 1.82) is 0 Å². The maximum atomic E-state index is 12.2. The predicted octanol–water partition coefficient (Wildman–Crippen LogP) is 1.51. The Morgan fingerprint density at radius 1 is 1.24 bits per heavy atom. The Bertz CT molecular complexity index is 1100. The van der Waals surface area contributed by atoms with Gasteiger partial charge in [0.1, 0.15) is 5.76 Å². The number of rotatable bonds is 5. The lowest BCUT2D eigenvalue weighted by molar-refractivity contribution is 0.0824. The summed E-state index contributed by atoms with van der Waals surface area (Å²) in [7, 11) is -0.941. The molecule has 0 spiro atoms. The Kier molecular flexibility index (Phi) is 5.59. The van der Waals surface area contributed by atoms with Gasteiger partial charge in [0.25, 0.3) is 5.91 Å². The van der Waals surface area contributed by atoms with Crippen LogP contribution in [0.2, 0.25) is 0 Å². The number of nitrogens with zero attached hydrogens (tertiary/aromatic N) is 3. The molecular weight excluding hydrogens is 398 g/mol. The van der Waals surface area contributed by atoms with E-state index in [9.17, 15) is 18.3 Å². The molecule has 2 heterocycles. The summed E-state index contributed by atoms with van der Waals surface area (Å²) >= 11 is 0. The maximum absolute atomic E-state index is 12.2. The molecular formula is C18H21N5O5S. The number of amidine groups is 2. The number of phenolic OH excluding ortho intramolecular Hbond substituents is 1. The summed E-state index contributed by atoms with van der Waals surface area (Å²) in [6.45, 7) is 2.19. The molecule has 0 saturated carbocycles. The van der Waals surface area contributed by atoms with E-state index >= 15 is 0 Å². The van der Waals surface area contributed by atoms with Crippen LogP contribution in [0.5, 0.6) is 5.75 Å². The highest BCUT2D eigenvalue weighted by atomic mass is 32.2. The van der Waals surface area contributed by atoms with Crippen molar-refractivity contribution in [3.05, 3.63) is 47.4 Å². The highest BCUT2D eigenvalue weighted by Crippen LogP contribution is 2.28. The van der Waals surface area contributed by atoms with Crippen molar-refractivity contribution in [2.75, 3.05) is 19.4 Å². The molecule has 0 bridgehead atoms. The van der Waals surface area contributed by atoms with Crippen molar-refractivity contribution in [3.63, 3.8) is 0 Å². The van der Waals surface area contributed by atoms with Gasteiger partial charge in [-0.1, -0.05) is 13.0 Å². The van der Waals surface area contributed by atoms with Gasteiger partial charge in [-0.15, -0.1) is 8.80 Å². The molecule has 0 atom stereocenters. The molecule has 2 aromatic rings. The average Bonchev–Trinajstić information content (AvgIpc) is 3.24. The molecule has 0 fully saturated rings. The number of phenols is 1. The molecule has 1 aliphatic heterocycles. The van der Waals surface area contributed by atoms with Gasteiger partial charge < -0.3 is 25.1 Å². The second kappa shape index (κ2) is 7.95. The van der Waals surface area contributed by atoms with Gasteiger partial charge in [-0.05, 0) is 30.2 Å². The van der Waals surface area contributed by atoms with E-state index in [2.05, 4.69) is 19.4 Å². The summed E-state index contributed by atoms with van der Waals surface area (Å²) in [6, 6.07) is 6.37. The number of aromatic hydroxyl groups is 1. The van der Waals surface area contributed by atoms with E-state index in [1.165, 1.54) is 17.0 Å². The van der Waals surface area contributed by atoms with Crippen molar-refractivity contribution in [2.24, 2.45) is 8.80 Å². The van der Waals surface area contributed by atoms with Crippen LogP contribution in [-0.4, -0.2) is 50.1 Å². The fraction of sp³-hybridized carbons (Fsp3) is 0.278. The second-order valence-electron chi connectivity index (χ2n) is 6.48. The Morgan fingerprint density at radius 2 is 1.97 bits per heavy atom. The summed E-state index contributed by atoms with van der Waals surface area (Å²) in [4.78, 5) is 13.5. The van der Waals surface area contributed by atoms with Gasteiger partial charge in [-0.2, -0.15) is 8.42 Å². The molecule has 1 amide bonds. The molecule has 11 heteroatoms. The van der Waals surface area contributed by atoms with Crippen molar-refractivity contribution < 1.29 is 22.7 Å². The fourth-order valence-electron chi connectivity index (χ4n) is 2.60. The smallest absolute Gasteiger partial charge is 0.367 e. The third kappa shape index (κ3) is 4.57. The van der Waals surface area contributed by atoms with Gasteiger partial charge >= 0.3 is 10.2 Å². The Balaban J connectivity index is 1.81. The minimum Gasteiger partial charge on any atom is -0.505 e. The lowest BCUT2D eigenvalue weighted by atomic mass is 10.1. The third-order valence-corrected chi connectivity index (χ3v) is 4.94. The number of hydrogen-bond donors (Lipinski definition) is 3. The number of anilines is 1. The molecule has 29 heavy (non-hydrogen) atoms. The highest BCUT2D eigenvalue weighted by Gasteiger charge is 2.26. The third-order valence-electron chi connectivity index (χ3n) is 4.11. The number of carbonyl (C=O) groups is 1. The van der Waals surface area contributed by atoms with Crippen LogP contribution in [0.15, 0.2) is 43.7 Å². The first-order valence-corrected chi connectivity index (χ1v) is 10.2. The molecule has 1 aliphatic rings. The van der Waals surface area contributed by atoms with Crippen LogP contribution >= 0.6 is 0 Å². The number of furan rings is 1. The number of aryl methyl sites for hydroxylation is 1. The number of hydrogen-bond acceptors (Lipinski definition) is 7. The molecule has 1 aromatic heterocycles. The Labute approximate surface area is 168 Å². The Morgan fingerprint density at radius 3 is 2.62 bits per heavy atom. The number of carbonyl (C=O) groups excluding carboxylic acids is 1. The molecule has 3 N–H and O–H groups in total. The van der Waals surface area contributed by atoms with E-state index < -0.39 is 16.1 Å². The quantitative estimate of drug-likeness (QED) is 0.625. The van der Waals surface area contributed by atoms with E-state index in [1.54, 1.807) is 26.4 Å². The first kappa shape index (κ1) is 20.4. The lowest BCUT2D eigenvalue weighted by Crippen LogP contribution is -2.33. The molecule has 154 valence electrons. The number of amides is 1. The molecule has 0 radical (unpaired) electrons. The lowest BCUT2D eigenvalue weighted by Gasteiger charge is -2.15. The van der Waals surface area contributed by atoms with Gasteiger partial charge in [0.2, 0.25) is 0 Å². The first-order valence-electron chi connectivity index (χ1n) is 8.76. The monoisotopic (exact) mass is 419 g/mol. The summed E-state index contributed by atoms with van der Waals surface area (Å²) < 4.78 is 36.2. The maximum Gasteiger partial charge on any atom is 0.367 e. The summed E-state index contributed by atoms with van der Waals surface area (Å²) in [5.74, 6) is -0.241. The van der Waals surface area contributed by atoms with Gasteiger partial charge in [-0.3, -0.25) is 4.79 Å². The van der Waals surface area contributed by atoms with E-state index in [4.69, 9.17) is 4.42 Å². The van der Waals surface area contributed by atoms with Crippen LogP contribution in [-0.2, 0) is 23.2 Å². The predicted molar refractivity (Wildman–Crippen MR) is 108 cm³/mol. The molecule has 0 saturated heterocycles. The van der Waals surface area contributed by atoms with E-state index in [1.807, 2.05) is 13.0 Å². The van der Waals surface area contributed by atoms with Crippen LogP contribution < -0.4 is 10.6 Å². The van der Waals surface area contributed by atoms with Crippen LogP contribution in [0.3, 0.4) is 0 Å². The summed E-state index contributed by atoms with van der Waals surface area (Å²) in [5.41, 5.74) is 1.20. The molecule has 3 rings (SSSR count). The van der Waals surface area contributed by atoms with Crippen molar-refractivity contribution in [3.8, 4) is 5.75 Å². The highest BCUT2D eigenvalue weighted by molar-refractivity contribution is 7.89. The Hall–Kier alpha value is -3.34. The normalized spacial score (nSPS) is 14.9. The fourth-order valence-corrected chi connectivity index (χ4v) is 3.38. The van der Waals surface area contributed by atoms with Gasteiger partial charge in [-0.25, -0.2) is 0 Å². The number of para-hydroxylation sites is 1. The van der Waals surface area contributed by atoms with E-state index in [0.717, 1.165) is 12.0 Å². The largest absolute Gasteiger partial charge is 0.505 e. The molecule has 1 aromatic carbocycles. The summed E-state index contributed by atoms with van der Waals surface area (Å²) in [5, 5.41) is 16.0. The van der Waals surface area contributed by atoms with Crippen LogP contribution in [0.25, 0.3) is 0 Å². The van der Waals surface area contributed by atoms with Crippen molar-refractivity contribution >= 4 is 33.5 Å². The van der Waals surface area contributed by atoms with E-state index in [-0.39, 0.29) is 35.2 Å². The van der Waals surface area contributed by atoms with Gasteiger partial charge in [0.15, 0.2) is 17.4 Å². The zero-order valence-corrected chi connectivity index (χ0v) is 16.9. The number of nitrogens with one attached hydrogen (secondary N) is 2. The minimum absolute atomic E-state index is 0.0248. The number of benzene rings is 1. The average molecular weight is 419 g/mol. The van der Waals surface area contributed by atoms with Gasteiger partial charge in [0.05, 0.1) is 24.1 Å². The van der Waals surface area contributed by atoms with Crippen molar-refractivity contribution in [1.82, 2.24) is 10.2 Å². The second-order valence-corrected chi connectivity index (χ2v) is 7.74. The van der Waals surface area contributed by atoms with Crippen LogP contribution in [0.1, 0.15) is 28.6 Å². The van der Waals surface area contributed by atoms with Gasteiger partial charge in [0, 0.05) is 14.1 Å². The SMILES string of the molecule is CCc1coc(CNC2=NS(=O)(=O)N=C2Nc2cccc(C(=O)N(C)C)c2O)c1. The van der Waals surface area contributed by atoms with E-state index in [0.29, 0.717) is 5.76 Å². The molecule has 10 nitrogen and oxygen atoms in total. The molecule has 0 unspecified atom stereocenters. The first-order chi connectivity index (χ1) is 13.7. The van der Waals surface area contributed by atoms with Crippen molar-refractivity contribution in [2.45, 2.75) is 19.9 Å². The van der Waals surface area contributed by atoms with Crippen LogP contribution in [0, 0.1) is 0 Å².